The van der Waals surface area contributed by atoms with Gasteiger partial charge in [0.25, 0.3) is 0 Å². The van der Waals surface area contributed by atoms with E-state index in [1.165, 1.54) is 10.4 Å². The van der Waals surface area contributed by atoms with Crippen molar-refractivity contribution in [2.24, 2.45) is 7.05 Å². The highest BCUT2D eigenvalue weighted by molar-refractivity contribution is 7.14. The van der Waals surface area contributed by atoms with Gasteiger partial charge in [0.2, 0.25) is 0 Å². The largest absolute Gasteiger partial charge is 0.288 e. The minimum absolute atomic E-state index is 0.0231. The van der Waals surface area contributed by atoms with Crippen LogP contribution >= 0.6 is 11.3 Å². The lowest BCUT2D eigenvalue weighted by Crippen LogP contribution is -1.90. The van der Waals surface area contributed by atoms with Crippen molar-refractivity contribution in [2.75, 3.05) is 0 Å². The number of thiophene rings is 1. The highest BCUT2D eigenvalue weighted by Crippen LogP contribution is 2.21. The molecule has 0 amide bonds. The van der Waals surface area contributed by atoms with Gasteiger partial charge in [0.1, 0.15) is 0 Å². The SMILES string of the molecule is Cn1ccc(/C=C/C(=O)c2ccc(Cc3ccccc3)s2)n1. The normalized spacial score (nSPS) is 11.1. The Labute approximate surface area is 133 Å². The van der Waals surface area contributed by atoms with E-state index in [1.807, 2.05) is 49.6 Å². The molecular weight excluding hydrogens is 292 g/mol. The number of rotatable bonds is 5. The van der Waals surface area contributed by atoms with Crippen molar-refractivity contribution in [3.63, 3.8) is 0 Å². The molecule has 3 nitrogen and oxygen atoms in total. The van der Waals surface area contributed by atoms with Crippen LogP contribution in [0, 0.1) is 0 Å². The van der Waals surface area contributed by atoms with Gasteiger partial charge in [-0.25, -0.2) is 0 Å². The first-order chi connectivity index (χ1) is 10.7. The third kappa shape index (κ3) is 3.59. The summed E-state index contributed by atoms with van der Waals surface area (Å²) in [6.45, 7) is 0. The molecule has 110 valence electrons. The Morgan fingerprint density at radius 2 is 2.00 bits per heavy atom. The smallest absolute Gasteiger partial charge is 0.195 e. The van der Waals surface area contributed by atoms with Gasteiger partial charge < -0.3 is 0 Å². The summed E-state index contributed by atoms with van der Waals surface area (Å²) in [5, 5.41) is 4.22. The van der Waals surface area contributed by atoms with Crippen LogP contribution in [-0.4, -0.2) is 15.6 Å². The van der Waals surface area contributed by atoms with Crippen LogP contribution in [0.4, 0.5) is 0 Å². The maximum Gasteiger partial charge on any atom is 0.195 e. The molecule has 0 fully saturated rings. The van der Waals surface area contributed by atoms with Crippen molar-refractivity contribution in [2.45, 2.75) is 6.42 Å². The van der Waals surface area contributed by atoms with E-state index >= 15 is 0 Å². The monoisotopic (exact) mass is 308 g/mol. The number of ketones is 1. The Kier molecular flexibility index (Phi) is 4.30. The lowest BCUT2D eigenvalue weighted by molar-refractivity contribution is 0.105. The van der Waals surface area contributed by atoms with Gasteiger partial charge in [0.15, 0.2) is 5.78 Å². The Morgan fingerprint density at radius 3 is 2.73 bits per heavy atom. The van der Waals surface area contributed by atoms with E-state index in [2.05, 4.69) is 17.2 Å². The minimum atomic E-state index is 0.0231. The van der Waals surface area contributed by atoms with Crippen LogP contribution in [0.2, 0.25) is 0 Å². The van der Waals surface area contributed by atoms with Crippen LogP contribution in [0.5, 0.6) is 0 Å². The summed E-state index contributed by atoms with van der Waals surface area (Å²) in [7, 11) is 1.86. The molecule has 4 heteroatoms. The van der Waals surface area contributed by atoms with Crippen LogP contribution in [0.3, 0.4) is 0 Å². The molecule has 0 bridgehead atoms. The number of nitrogens with zero attached hydrogens (tertiary/aromatic N) is 2. The third-order valence-electron chi connectivity index (χ3n) is 3.27. The fraction of sp³-hybridized carbons (Fsp3) is 0.111. The zero-order chi connectivity index (χ0) is 15.4. The lowest BCUT2D eigenvalue weighted by Gasteiger charge is -1.96. The average Bonchev–Trinajstić information content (AvgIpc) is 3.15. The van der Waals surface area contributed by atoms with Gasteiger partial charge in [-0.2, -0.15) is 5.10 Å². The molecule has 0 aliphatic rings. The Balaban J connectivity index is 1.68. The molecule has 0 saturated heterocycles. The fourth-order valence-electron chi connectivity index (χ4n) is 2.17. The molecule has 3 aromatic rings. The van der Waals surface area contributed by atoms with Crippen molar-refractivity contribution in [1.29, 1.82) is 0 Å². The van der Waals surface area contributed by atoms with Crippen LogP contribution < -0.4 is 0 Å². The summed E-state index contributed by atoms with van der Waals surface area (Å²) < 4.78 is 1.72. The van der Waals surface area contributed by atoms with Gasteiger partial charge in [0.05, 0.1) is 10.6 Å². The van der Waals surface area contributed by atoms with E-state index < -0.39 is 0 Å². The Bertz CT molecular complexity index is 799. The van der Waals surface area contributed by atoms with Crippen LogP contribution in [0.15, 0.2) is 60.8 Å². The average molecular weight is 308 g/mol. The minimum Gasteiger partial charge on any atom is -0.288 e. The van der Waals surface area contributed by atoms with Crippen molar-refractivity contribution in [3.05, 3.63) is 81.8 Å². The number of aryl methyl sites for hydroxylation is 1. The van der Waals surface area contributed by atoms with E-state index in [0.29, 0.717) is 0 Å². The molecule has 0 spiro atoms. The number of aromatic nitrogens is 2. The molecule has 1 aromatic carbocycles. The fourth-order valence-corrected chi connectivity index (χ4v) is 3.13. The Morgan fingerprint density at radius 1 is 1.18 bits per heavy atom. The summed E-state index contributed by atoms with van der Waals surface area (Å²) in [4.78, 5) is 14.1. The maximum atomic E-state index is 12.2. The van der Waals surface area contributed by atoms with Gasteiger partial charge in [-0.15, -0.1) is 11.3 Å². The molecule has 0 aliphatic carbocycles. The van der Waals surface area contributed by atoms with E-state index in [9.17, 15) is 4.79 Å². The number of benzene rings is 1. The van der Waals surface area contributed by atoms with Crippen molar-refractivity contribution in [1.82, 2.24) is 9.78 Å². The van der Waals surface area contributed by atoms with Crippen LogP contribution in [0.25, 0.3) is 6.08 Å². The summed E-state index contributed by atoms with van der Waals surface area (Å²) in [5.74, 6) is 0.0231. The quantitative estimate of drug-likeness (QED) is 0.528. The first kappa shape index (κ1) is 14.5. The van der Waals surface area contributed by atoms with Gasteiger partial charge in [-0.1, -0.05) is 30.3 Å². The number of hydrogen-bond acceptors (Lipinski definition) is 3. The van der Waals surface area contributed by atoms with Gasteiger partial charge in [-0.3, -0.25) is 9.48 Å². The maximum absolute atomic E-state index is 12.2. The zero-order valence-corrected chi connectivity index (χ0v) is 13.1. The standard InChI is InChI=1S/C18H16N2OS/c1-20-12-11-15(19-20)7-9-17(21)18-10-8-16(22-18)13-14-5-3-2-4-6-14/h2-12H,13H2,1H3/b9-7+. The van der Waals surface area contributed by atoms with E-state index in [0.717, 1.165) is 17.0 Å². The molecule has 22 heavy (non-hydrogen) atoms. The van der Waals surface area contributed by atoms with Gasteiger partial charge in [-0.05, 0) is 35.9 Å². The molecule has 0 atom stereocenters. The highest BCUT2D eigenvalue weighted by atomic mass is 32.1. The molecule has 2 aromatic heterocycles. The molecule has 0 saturated carbocycles. The third-order valence-corrected chi connectivity index (χ3v) is 4.37. The molecular formula is C18H16N2OS. The summed E-state index contributed by atoms with van der Waals surface area (Å²) in [5.41, 5.74) is 2.05. The number of allylic oxidation sites excluding steroid dienone is 1. The molecule has 0 radical (unpaired) electrons. The first-order valence-electron chi connectivity index (χ1n) is 7.05. The molecule has 3 rings (SSSR count). The van der Waals surface area contributed by atoms with Gasteiger partial charge >= 0.3 is 0 Å². The van der Waals surface area contributed by atoms with Crippen LogP contribution in [0.1, 0.15) is 25.8 Å². The highest BCUT2D eigenvalue weighted by Gasteiger charge is 2.07. The van der Waals surface area contributed by atoms with E-state index in [-0.39, 0.29) is 5.78 Å². The first-order valence-corrected chi connectivity index (χ1v) is 7.87. The summed E-state index contributed by atoms with van der Waals surface area (Å²) >= 11 is 1.55. The van der Waals surface area contributed by atoms with Crippen LogP contribution in [-0.2, 0) is 13.5 Å². The van der Waals surface area contributed by atoms with Crippen molar-refractivity contribution >= 4 is 23.2 Å². The van der Waals surface area contributed by atoms with E-state index in [4.69, 9.17) is 0 Å². The second-order valence-electron chi connectivity index (χ2n) is 5.04. The molecule has 0 aliphatic heterocycles. The number of carbonyl (C=O) groups excluding carboxylic acids is 1. The molecule has 0 N–H and O–H groups in total. The van der Waals surface area contributed by atoms with Crippen molar-refractivity contribution in [3.8, 4) is 0 Å². The predicted molar refractivity (Wildman–Crippen MR) is 90.1 cm³/mol. The Hall–Kier alpha value is -2.46. The topological polar surface area (TPSA) is 34.9 Å². The zero-order valence-electron chi connectivity index (χ0n) is 12.3. The summed E-state index contributed by atoms with van der Waals surface area (Å²) in [6, 6.07) is 16.1. The lowest BCUT2D eigenvalue weighted by atomic mass is 10.1. The second-order valence-corrected chi connectivity index (χ2v) is 6.21. The molecule has 2 heterocycles. The second kappa shape index (κ2) is 6.54. The number of carbonyl (C=O) groups is 1. The number of hydrogen-bond donors (Lipinski definition) is 0. The van der Waals surface area contributed by atoms with Gasteiger partial charge in [0, 0.05) is 24.5 Å². The van der Waals surface area contributed by atoms with Crippen molar-refractivity contribution < 1.29 is 4.79 Å². The van der Waals surface area contributed by atoms with E-state index in [1.54, 1.807) is 28.2 Å². The summed E-state index contributed by atoms with van der Waals surface area (Å²) in [6.07, 6.45) is 6.05. The molecule has 0 unspecified atom stereocenters. The predicted octanol–water partition coefficient (Wildman–Crippen LogP) is 3.97.